The largest absolute Gasteiger partial charge is 0.352 e. The van der Waals surface area contributed by atoms with E-state index >= 15 is 0 Å². The molecule has 0 aliphatic heterocycles. The molecule has 0 saturated carbocycles. The zero-order valence-corrected chi connectivity index (χ0v) is 13.1. The Bertz CT molecular complexity index is 708. The van der Waals surface area contributed by atoms with Crippen LogP contribution in [0, 0.1) is 13.8 Å². The average molecular weight is 296 g/mol. The van der Waals surface area contributed by atoms with Crippen LogP contribution in [0.4, 0.5) is 5.69 Å². The van der Waals surface area contributed by atoms with Crippen molar-refractivity contribution in [1.82, 2.24) is 5.32 Å². The van der Waals surface area contributed by atoms with Crippen molar-refractivity contribution in [2.24, 2.45) is 0 Å². The van der Waals surface area contributed by atoms with Crippen LogP contribution in [0.5, 0.6) is 0 Å². The molecule has 0 atom stereocenters. The Morgan fingerprint density at radius 3 is 2.45 bits per heavy atom. The molecule has 22 heavy (non-hydrogen) atoms. The van der Waals surface area contributed by atoms with Gasteiger partial charge >= 0.3 is 0 Å². The van der Waals surface area contributed by atoms with E-state index in [1.54, 1.807) is 24.3 Å². The van der Waals surface area contributed by atoms with Gasteiger partial charge in [-0.2, -0.15) is 0 Å². The molecule has 0 aliphatic carbocycles. The highest BCUT2D eigenvalue weighted by molar-refractivity contribution is 6.06. The van der Waals surface area contributed by atoms with Crippen LogP contribution in [0.15, 0.2) is 42.5 Å². The Hall–Kier alpha value is -2.62. The third-order valence-electron chi connectivity index (χ3n) is 3.35. The minimum Gasteiger partial charge on any atom is -0.352 e. The highest BCUT2D eigenvalue weighted by Crippen LogP contribution is 2.15. The molecule has 0 radical (unpaired) electrons. The third-order valence-corrected chi connectivity index (χ3v) is 3.35. The summed E-state index contributed by atoms with van der Waals surface area (Å²) >= 11 is 0. The monoisotopic (exact) mass is 296 g/mol. The first-order valence-corrected chi connectivity index (χ1v) is 7.28. The summed E-state index contributed by atoms with van der Waals surface area (Å²) in [6.07, 6.45) is 0. The number of hydrogen-bond acceptors (Lipinski definition) is 2. The minimum atomic E-state index is -0.175. The molecule has 2 rings (SSSR count). The lowest BCUT2D eigenvalue weighted by Gasteiger charge is -2.10. The van der Waals surface area contributed by atoms with Crippen molar-refractivity contribution in [3.8, 4) is 0 Å². The van der Waals surface area contributed by atoms with Crippen molar-refractivity contribution >= 4 is 17.5 Å². The molecule has 0 spiro atoms. The van der Waals surface area contributed by atoms with Crippen molar-refractivity contribution in [1.29, 1.82) is 0 Å². The maximum absolute atomic E-state index is 12.3. The topological polar surface area (TPSA) is 58.2 Å². The molecule has 4 heteroatoms. The Labute approximate surface area is 130 Å². The number of aryl methyl sites for hydroxylation is 2. The van der Waals surface area contributed by atoms with Crippen molar-refractivity contribution < 1.29 is 9.59 Å². The zero-order valence-electron chi connectivity index (χ0n) is 13.1. The molecule has 0 aromatic heterocycles. The number of anilines is 1. The smallest absolute Gasteiger partial charge is 0.255 e. The van der Waals surface area contributed by atoms with Crippen LogP contribution in [-0.2, 0) is 0 Å². The normalized spacial score (nSPS) is 10.1. The Balaban J connectivity index is 2.18. The van der Waals surface area contributed by atoms with E-state index in [-0.39, 0.29) is 11.8 Å². The minimum absolute atomic E-state index is 0.148. The highest BCUT2D eigenvalue weighted by Gasteiger charge is 2.11. The molecule has 0 heterocycles. The van der Waals surface area contributed by atoms with Gasteiger partial charge in [-0.1, -0.05) is 23.8 Å². The summed E-state index contributed by atoms with van der Waals surface area (Å²) in [5.74, 6) is -0.323. The lowest BCUT2D eigenvalue weighted by molar-refractivity contribution is 0.0954. The second kappa shape index (κ2) is 6.89. The molecule has 0 unspecified atom stereocenters. The summed E-state index contributed by atoms with van der Waals surface area (Å²) in [6.45, 7) is 6.33. The summed E-state index contributed by atoms with van der Waals surface area (Å²) in [4.78, 5) is 24.2. The molecule has 2 aromatic rings. The third kappa shape index (κ3) is 3.73. The van der Waals surface area contributed by atoms with Crippen molar-refractivity contribution in [3.63, 3.8) is 0 Å². The van der Waals surface area contributed by atoms with Gasteiger partial charge < -0.3 is 10.6 Å². The number of nitrogens with one attached hydrogen (secondary N) is 2. The first-order valence-electron chi connectivity index (χ1n) is 7.28. The molecule has 2 N–H and O–H groups in total. The Morgan fingerprint density at radius 2 is 1.77 bits per heavy atom. The number of carbonyl (C=O) groups is 2. The van der Waals surface area contributed by atoms with Gasteiger partial charge in [-0.25, -0.2) is 0 Å². The lowest BCUT2D eigenvalue weighted by atomic mass is 10.0. The van der Waals surface area contributed by atoms with Crippen molar-refractivity contribution in [2.45, 2.75) is 20.8 Å². The number of carbonyl (C=O) groups excluding carboxylic acids is 2. The molecule has 0 aliphatic rings. The fourth-order valence-corrected chi connectivity index (χ4v) is 2.27. The van der Waals surface area contributed by atoms with Gasteiger partial charge in [0.05, 0.1) is 0 Å². The van der Waals surface area contributed by atoms with E-state index in [1.165, 1.54) is 0 Å². The fraction of sp³-hybridized carbons (Fsp3) is 0.222. The molecule has 4 nitrogen and oxygen atoms in total. The summed E-state index contributed by atoms with van der Waals surface area (Å²) in [7, 11) is 0. The van der Waals surface area contributed by atoms with Crippen molar-refractivity contribution in [2.75, 3.05) is 11.9 Å². The van der Waals surface area contributed by atoms with Crippen molar-refractivity contribution in [3.05, 3.63) is 64.7 Å². The number of benzene rings is 2. The van der Waals surface area contributed by atoms with E-state index in [2.05, 4.69) is 10.6 Å². The standard InChI is InChI=1S/C18H20N2O2/c1-4-19-17(21)14-6-5-7-15(11-14)20-18(22)16-9-8-12(2)10-13(16)3/h5-11H,4H2,1-3H3,(H,19,21)(H,20,22). The van der Waals surface area contributed by atoms with Gasteiger partial charge in [-0.15, -0.1) is 0 Å². The van der Waals surface area contributed by atoms with E-state index in [0.29, 0.717) is 23.4 Å². The SMILES string of the molecule is CCNC(=O)c1cccc(NC(=O)c2ccc(C)cc2C)c1. The Morgan fingerprint density at radius 1 is 1.00 bits per heavy atom. The van der Waals surface area contributed by atoms with Crippen LogP contribution < -0.4 is 10.6 Å². The summed E-state index contributed by atoms with van der Waals surface area (Å²) in [6, 6.07) is 12.6. The molecule has 2 aromatic carbocycles. The van der Waals surface area contributed by atoms with E-state index in [1.807, 2.05) is 39.0 Å². The van der Waals surface area contributed by atoms with Gasteiger partial charge in [0.15, 0.2) is 0 Å². The predicted molar refractivity (Wildman–Crippen MR) is 88.3 cm³/mol. The molecular formula is C18H20N2O2. The van der Waals surface area contributed by atoms with Crippen LogP contribution in [0.1, 0.15) is 38.8 Å². The maximum Gasteiger partial charge on any atom is 0.255 e. The number of hydrogen-bond donors (Lipinski definition) is 2. The molecule has 2 amide bonds. The first-order chi connectivity index (χ1) is 10.5. The zero-order chi connectivity index (χ0) is 16.1. The van der Waals surface area contributed by atoms with Gasteiger partial charge in [0, 0.05) is 23.4 Å². The maximum atomic E-state index is 12.3. The fourth-order valence-electron chi connectivity index (χ4n) is 2.27. The summed E-state index contributed by atoms with van der Waals surface area (Å²) < 4.78 is 0. The number of amides is 2. The lowest BCUT2D eigenvalue weighted by Crippen LogP contribution is -2.22. The quantitative estimate of drug-likeness (QED) is 0.909. The highest BCUT2D eigenvalue weighted by atomic mass is 16.2. The molecule has 0 fully saturated rings. The van der Waals surface area contributed by atoms with E-state index in [4.69, 9.17) is 0 Å². The van der Waals surface area contributed by atoms with Gasteiger partial charge in [0.1, 0.15) is 0 Å². The summed E-state index contributed by atoms with van der Waals surface area (Å²) in [5, 5.41) is 5.57. The van der Waals surface area contributed by atoms with Gasteiger partial charge in [-0.05, 0) is 50.6 Å². The molecule has 0 saturated heterocycles. The second-order valence-electron chi connectivity index (χ2n) is 5.21. The average Bonchev–Trinajstić information content (AvgIpc) is 2.47. The van der Waals surface area contributed by atoms with Crippen LogP contribution in [-0.4, -0.2) is 18.4 Å². The van der Waals surface area contributed by atoms with Crippen LogP contribution in [0.3, 0.4) is 0 Å². The van der Waals surface area contributed by atoms with Crippen LogP contribution in [0.25, 0.3) is 0 Å². The number of rotatable bonds is 4. The van der Waals surface area contributed by atoms with Gasteiger partial charge in [-0.3, -0.25) is 9.59 Å². The summed E-state index contributed by atoms with van der Waals surface area (Å²) in [5.41, 5.74) is 3.81. The predicted octanol–water partition coefficient (Wildman–Crippen LogP) is 3.31. The van der Waals surface area contributed by atoms with Gasteiger partial charge in [0.2, 0.25) is 0 Å². The van der Waals surface area contributed by atoms with Crippen LogP contribution in [0.2, 0.25) is 0 Å². The van der Waals surface area contributed by atoms with E-state index in [9.17, 15) is 9.59 Å². The van der Waals surface area contributed by atoms with E-state index in [0.717, 1.165) is 11.1 Å². The molecular weight excluding hydrogens is 276 g/mol. The van der Waals surface area contributed by atoms with E-state index < -0.39 is 0 Å². The second-order valence-corrected chi connectivity index (χ2v) is 5.21. The van der Waals surface area contributed by atoms with Crippen LogP contribution >= 0.6 is 0 Å². The molecule has 0 bridgehead atoms. The molecule has 114 valence electrons. The van der Waals surface area contributed by atoms with Gasteiger partial charge in [0.25, 0.3) is 11.8 Å². The first kappa shape index (κ1) is 15.8. The Kier molecular flexibility index (Phi) is 4.94.